The third-order valence-corrected chi connectivity index (χ3v) is 1.88. The summed E-state index contributed by atoms with van der Waals surface area (Å²) >= 11 is 0. The minimum atomic E-state index is -0.612. The number of ether oxygens (including phenoxy) is 3. The van der Waals surface area contributed by atoms with E-state index in [1.807, 2.05) is 0 Å². The molecule has 0 bridgehead atoms. The van der Waals surface area contributed by atoms with Crippen LogP contribution in [0.3, 0.4) is 0 Å². The largest absolute Gasteiger partial charge is 0.468 e. The van der Waals surface area contributed by atoms with Crippen LogP contribution in [0.2, 0.25) is 0 Å². The Hall–Kier alpha value is -1.63. The molecule has 0 fully saturated rings. The second kappa shape index (κ2) is 8.51. The molecular weight excluding hydrogens is 230 g/mol. The zero-order valence-electron chi connectivity index (χ0n) is 10.2. The van der Waals surface area contributed by atoms with Crippen molar-refractivity contribution in [3.8, 4) is 0 Å². The molecule has 0 rings (SSSR count). The molecule has 0 atom stereocenters. The molecule has 0 aromatic carbocycles. The molecule has 0 aliphatic carbocycles. The van der Waals surface area contributed by atoms with Crippen molar-refractivity contribution in [3.63, 3.8) is 0 Å². The van der Waals surface area contributed by atoms with Crippen LogP contribution in [0.1, 0.15) is 6.92 Å². The average Bonchev–Trinajstić information content (AvgIpc) is 2.34. The Morgan fingerprint density at radius 2 is 1.47 bits per heavy atom. The van der Waals surface area contributed by atoms with Crippen LogP contribution in [0.4, 0.5) is 0 Å². The molecule has 0 aliphatic heterocycles. The summed E-state index contributed by atoms with van der Waals surface area (Å²) < 4.78 is 13.8. The highest BCUT2D eigenvalue weighted by atomic mass is 16.5. The zero-order valence-corrected chi connectivity index (χ0v) is 10.2. The number of amides is 1. The van der Waals surface area contributed by atoms with E-state index in [0.717, 1.165) is 4.90 Å². The number of rotatable bonds is 7. The normalized spacial score (nSPS) is 9.59. The first-order valence-corrected chi connectivity index (χ1v) is 5.04. The molecule has 7 heteroatoms. The standard InChI is InChI=1S/C10H17NO6/c1-4-17-7-8(12)11(5-9(13)15-2)6-10(14)16-3/h4-7H2,1-3H3. The van der Waals surface area contributed by atoms with Crippen molar-refractivity contribution in [1.29, 1.82) is 0 Å². The van der Waals surface area contributed by atoms with Crippen molar-refractivity contribution in [1.82, 2.24) is 4.90 Å². The van der Waals surface area contributed by atoms with Crippen molar-refractivity contribution in [2.75, 3.05) is 40.5 Å². The first-order chi connectivity index (χ1) is 8.04. The van der Waals surface area contributed by atoms with Crippen LogP contribution in [-0.4, -0.2) is 63.3 Å². The summed E-state index contributed by atoms with van der Waals surface area (Å²) in [6.07, 6.45) is 0. The summed E-state index contributed by atoms with van der Waals surface area (Å²) in [5, 5.41) is 0. The van der Waals surface area contributed by atoms with E-state index < -0.39 is 17.8 Å². The van der Waals surface area contributed by atoms with Gasteiger partial charge in [0.2, 0.25) is 5.91 Å². The van der Waals surface area contributed by atoms with E-state index in [1.165, 1.54) is 14.2 Å². The second-order valence-corrected chi connectivity index (χ2v) is 3.04. The highest BCUT2D eigenvalue weighted by Crippen LogP contribution is 1.94. The molecule has 0 radical (unpaired) electrons. The van der Waals surface area contributed by atoms with Crippen molar-refractivity contribution >= 4 is 17.8 Å². The van der Waals surface area contributed by atoms with Gasteiger partial charge in [-0.25, -0.2) is 0 Å². The predicted octanol–water partition coefficient (Wildman–Crippen LogP) is -0.802. The lowest BCUT2D eigenvalue weighted by atomic mass is 10.4. The van der Waals surface area contributed by atoms with Gasteiger partial charge in [-0.1, -0.05) is 0 Å². The van der Waals surface area contributed by atoms with Gasteiger partial charge in [0.05, 0.1) is 14.2 Å². The number of esters is 2. The van der Waals surface area contributed by atoms with E-state index >= 15 is 0 Å². The molecule has 98 valence electrons. The number of carbonyl (C=O) groups is 3. The Morgan fingerprint density at radius 1 is 1.00 bits per heavy atom. The predicted molar refractivity (Wildman–Crippen MR) is 57.1 cm³/mol. The third-order valence-electron chi connectivity index (χ3n) is 1.88. The zero-order chi connectivity index (χ0) is 13.3. The van der Waals surface area contributed by atoms with E-state index in [-0.39, 0.29) is 19.7 Å². The lowest BCUT2D eigenvalue weighted by Crippen LogP contribution is -2.42. The summed E-state index contributed by atoms with van der Waals surface area (Å²) in [6, 6.07) is 0. The smallest absolute Gasteiger partial charge is 0.325 e. The van der Waals surface area contributed by atoms with Gasteiger partial charge in [0.25, 0.3) is 0 Å². The maximum absolute atomic E-state index is 11.6. The van der Waals surface area contributed by atoms with Crippen LogP contribution in [0.25, 0.3) is 0 Å². The van der Waals surface area contributed by atoms with Gasteiger partial charge in [-0.15, -0.1) is 0 Å². The minimum absolute atomic E-state index is 0.190. The topological polar surface area (TPSA) is 82.1 Å². The molecule has 0 aliphatic rings. The lowest BCUT2D eigenvalue weighted by Gasteiger charge is -2.19. The third kappa shape index (κ3) is 6.52. The Labute approximate surface area is 99.6 Å². The molecular formula is C10H17NO6. The van der Waals surface area contributed by atoms with Crippen molar-refractivity contribution < 1.29 is 28.6 Å². The lowest BCUT2D eigenvalue weighted by molar-refractivity contribution is -0.153. The second-order valence-electron chi connectivity index (χ2n) is 3.04. The van der Waals surface area contributed by atoms with Gasteiger partial charge >= 0.3 is 11.9 Å². The molecule has 0 aromatic heterocycles. The van der Waals surface area contributed by atoms with E-state index in [9.17, 15) is 14.4 Å². The maximum atomic E-state index is 11.6. The van der Waals surface area contributed by atoms with Crippen molar-refractivity contribution in [2.45, 2.75) is 6.92 Å². The van der Waals surface area contributed by atoms with Gasteiger partial charge in [0.1, 0.15) is 19.7 Å². The number of hydrogen-bond donors (Lipinski definition) is 0. The maximum Gasteiger partial charge on any atom is 0.325 e. The molecule has 0 heterocycles. The van der Waals surface area contributed by atoms with E-state index in [2.05, 4.69) is 9.47 Å². The number of carbonyl (C=O) groups excluding carboxylic acids is 3. The molecule has 0 saturated carbocycles. The minimum Gasteiger partial charge on any atom is -0.468 e. The Bertz CT molecular complexity index is 260. The van der Waals surface area contributed by atoms with Crippen LogP contribution < -0.4 is 0 Å². The van der Waals surface area contributed by atoms with Crippen molar-refractivity contribution in [3.05, 3.63) is 0 Å². The number of hydrogen-bond acceptors (Lipinski definition) is 6. The Morgan fingerprint density at radius 3 is 1.82 bits per heavy atom. The van der Waals surface area contributed by atoms with Crippen LogP contribution >= 0.6 is 0 Å². The van der Waals surface area contributed by atoms with E-state index in [0.29, 0.717) is 6.61 Å². The Balaban J connectivity index is 4.42. The fraction of sp³-hybridized carbons (Fsp3) is 0.700. The summed E-state index contributed by atoms with van der Waals surface area (Å²) in [5.74, 6) is -1.69. The molecule has 0 N–H and O–H groups in total. The molecule has 17 heavy (non-hydrogen) atoms. The Kier molecular flexibility index (Phi) is 7.70. The fourth-order valence-corrected chi connectivity index (χ4v) is 0.954. The van der Waals surface area contributed by atoms with Gasteiger partial charge in [-0.05, 0) is 6.92 Å². The highest BCUT2D eigenvalue weighted by Gasteiger charge is 2.20. The molecule has 0 aromatic rings. The van der Waals surface area contributed by atoms with Crippen LogP contribution in [0, 0.1) is 0 Å². The van der Waals surface area contributed by atoms with Crippen LogP contribution in [0.5, 0.6) is 0 Å². The van der Waals surface area contributed by atoms with Gasteiger partial charge in [-0.3, -0.25) is 14.4 Å². The van der Waals surface area contributed by atoms with Crippen molar-refractivity contribution in [2.24, 2.45) is 0 Å². The molecule has 0 saturated heterocycles. The average molecular weight is 247 g/mol. The quantitative estimate of drug-likeness (QED) is 0.548. The molecule has 1 amide bonds. The first-order valence-electron chi connectivity index (χ1n) is 5.04. The number of nitrogens with zero attached hydrogens (tertiary/aromatic N) is 1. The first kappa shape index (κ1) is 15.4. The summed E-state index contributed by atoms with van der Waals surface area (Å²) in [6.45, 7) is 1.30. The van der Waals surface area contributed by atoms with Gasteiger partial charge < -0.3 is 19.1 Å². The summed E-state index contributed by atoms with van der Waals surface area (Å²) in [7, 11) is 2.40. The number of methoxy groups -OCH3 is 2. The van der Waals surface area contributed by atoms with Gasteiger partial charge in [0, 0.05) is 6.61 Å². The summed E-state index contributed by atoms with van der Waals surface area (Å²) in [4.78, 5) is 34.7. The monoisotopic (exact) mass is 247 g/mol. The van der Waals surface area contributed by atoms with Crippen LogP contribution in [-0.2, 0) is 28.6 Å². The molecule has 0 unspecified atom stereocenters. The van der Waals surface area contributed by atoms with Crippen LogP contribution in [0.15, 0.2) is 0 Å². The fourth-order valence-electron chi connectivity index (χ4n) is 0.954. The summed E-state index contributed by atoms with van der Waals surface area (Å²) in [5.41, 5.74) is 0. The highest BCUT2D eigenvalue weighted by molar-refractivity contribution is 5.86. The van der Waals surface area contributed by atoms with Gasteiger partial charge in [0.15, 0.2) is 0 Å². The van der Waals surface area contributed by atoms with Gasteiger partial charge in [-0.2, -0.15) is 0 Å². The molecule has 0 spiro atoms. The van der Waals surface area contributed by atoms with E-state index in [1.54, 1.807) is 6.92 Å². The SMILES string of the molecule is CCOCC(=O)N(CC(=O)OC)CC(=O)OC. The molecule has 7 nitrogen and oxygen atoms in total. The van der Waals surface area contributed by atoms with E-state index in [4.69, 9.17) is 4.74 Å².